The van der Waals surface area contributed by atoms with Crippen molar-refractivity contribution in [2.24, 2.45) is 0 Å². The fourth-order valence-electron chi connectivity index (χ4n) is 1.96. The Balaban J connectivity index is 2.27. The van der Waals surface area contributed by atoms with Gasteiger partial charge in [0.05, 0.1) is 10.6 Å². The fourth-order valence-corrected chi connectivity index (χ4v) is 2.21. The summed E-state index contributed by atoms with van der Waals surface area (Å²) in [6, 6.07) is 8.71. The molecule has 0 radical (unpaired) electrons. The first-order valence-electron chi connectivity index (χ1n) is 6.52. The molecule has 0 aromatic heterocycles. The molecule has 0 aliphatic heterocycles. The maximum absolute atomic E-state index is 13.0. The predicted molar refractivity (Wildman–Crippen MR) is 84.8 cm³/mol. The molecule has 114 valence electrons. The molecule has 2 rings (SSSR count). The summed E-state index contributed by atoms with van der Waals surface area (Å²) in [5, 5.41) is 5.42. The molecule has 0 saturated carbocycles. The lowest BCUT2D eigenvalue weighted by Gasteiger charge is -2.13. The van der Waals surface area contributed by atoms with Gasteiger partial charge in [0, 0.05) is 18.3 Å². The summed E-state index contributed by atoms with van der Waals surface area (Å²) in [5.74, 6) is -1.16. The van der Waals surface area contributed by atoms with Crippen LogP contribution in [0.1, 0.15) is 22.8 Å². The number of carbonyl (C=O) groups excluding carboxylic acids is 2. The molecule has 0 aliphatic carbocycles. The van der Waals surface area contributed by atoms with Gasteiger partial charge in [-0.15, -0.1) is 0 Å². The molecule has 2 aromatic carbocycles. The molecule has 0 atom stereocenters. The number of amides is 2. The average Bonchev–Trinajstić information content (AvgIpc) is 2.42. The smallest absolute Gasteiger partial charge is 0.257 e. The van der Waals surface area contributed by atoms with Gasteiger partial charge in [-0.05, 0) is 42.8 Å². The van der Waals surface area contributed by atoms with Gasteiger partial charge in [0.2, 0.25) is 5.91 Å². The number of hydrogen-bond acceptors (Lipinski definition) is 2. The second-order valence-corrected chi connectivity index (χ2v) is 5.14. The molecule has 2 N–H and O–H groups in total. The summed E-state index contributed by atoms with van der Waals surface area (Å²) in [7, 11) is 0. The van der Waals surface area contributed by atoms with Crippen molar-refractivity contribution >= 4 is 34.8 Å². The van der Waals surface area contributed by atoms with Gasteiger partial charge in [-0.25, -0.2) is 4.39 Å². The van der Waals surface area contributed by atoms with Crippen molar-refractivity contribution in [3.8, 4) is 0 Å². The van der Waals surface area contributed by atoms with Crippen LogP contribution in [0.3, 0.4) is 0 Å². The highest BCUT2D eigenvalue weighted by Crippen LogP contribution is 2.25. The number of halogens is 2. The molecule has 0 bridgehead atoms. The van der Waals surface area contributed by atoms with E-state index in [0.717, 1.165) is 6.07 Å². The molecule has 0 saturated heterocycles. The summed E-state index contributed by atoms with van der Waals surface area (Å²) in [6.07, 6.45) is 0. The van der Waals surface area contributed by atoms with Crippen molar-refractivity contribution in [1.82, 2.24) is 0 Å². The molecular formula is C16H14ClFN2O2. The van der Waals surface area contributed by atoms with E-state index in [0.29, 0.717) is 16.9 Å². The molecule has 4 nitrogen and oxygen atoms in total. The lowest BCUT2D eigenvalue weighted by Crippen LogP contribution is -2.14. The summed E-state index contributed by atoms with van der Waals surface area (Å²) >= 11 is 5.87. The van der Waals surface area contributed by atoms with Gasteiger partial charge in [0.1, 0.15) is 5.82 Å². The fraction of sp³-hybridized carbons (Fsp3) is 0.125. The van der Waals surface area contributed by atoms with Crippen LogP contribution in [0.25, 0.3) is 0 Å². The van der Waals surface area contributed by atoms with Crippen LogP contribution in [0.4, 0.5) is 15.8 Å². The number of anilines is 2. The highest BCUT2D eigenvalue weighted by Gasteiger charge is 2.13. The van der Waals surface area contributed by atoms with Crippen molar-refractivity contribution in [2.45, 2.75) is 13.8 Å². The largest absolute Gasteiger partial charge is 0.326 e. The minimum atomic E-state index is -0.509. The van der Waals surface area contributed by atoms with Crippen molar-refractivity contribution in [1.29, 1.82) is 0 Å². The third-order valence-corrected chi connectivity index (χ3v) is 3.38. The first-order valence-corrected chi connectivity index (χ1v) is 6.90. The molecule has 0 unspecified atom stereocenters. The van der Waals surface area contributed by atoms with E-state index in [9.17, 15) is 14.0 Å². The lowest BCUT2D eigenvalue weighted by molar-refractivity contribution is -0.114. The molecule has 0 aliphatic rings. The molecule has 22 heavy (non-hydrogen) atoms. The number of benzene rings is 2. The normalized spacial score (nSPS) is 10.2. The van der Waals surface area contributed by atoms with E-state index in [1.54, 1.807) is 25.1 Å². The Bertz CT molecular complexity index is 747. The number of hydrogen-bond donors (Lipinski definition) is 2. The average molecular weight is 321 g/mol. The van der Waals surface area contributed by atoms with Gasteiger partial charge in [0.25, 0.3) is 5.91 Å². The Kier molecular flexibility index (Phi) is 4.78. The van der Waals surface area contributed by atoms with E-state index >= 15 is 0 Å². The second-order valence-electron chi connectivity index (χ2n) is 4.74. The Morgan fingerprint density at radius 3 is 2.32 bits per heavy atom. The molecule has 6 heteroatoms. The molecular weight excluding hydrogens is 307 g/mol. The lowest BCUT2D eigenvalue weighted by atomic mass is 10.1. The third-order valence-electron chi connectivity index (χ3n) is 3.07. The van der Waals surface area contributed by atoms with Crippen LogP contribution in [0.5, 0.6) is 0 Å². The Morgan fingerprint density at radius 2 is 1.73 bits per heavy atom. The first kappa shape index (κ1) is 16.0. The summed E-state index contributed by atoms with van der Waals surface area (Å²) in [6.45, 7) is 3.18. The standard InChI is InChI=1S/C16H14ClFN2O2/c1-9-14(19-10(2)21)4-3-5-15(9)20-16(22)12-7-6-11(18)8-13(12)17/h3-8H,1-2H3,(H,19,21)(H,20,22). The topological polar surface area (TPSA) is 58.2 Å². The molecule has 2 aromatic rings. The Hall–Kier alpha value is -2.40. The zero-order valence-corrected chi connectivity index (χ0v) is 12.8. The van der Waals surface area contributed by atoms with Crippen molar-refractivity contribution in [2.75, 3.05) is 10.6 Å². The summed E-state index contributed by atoms with van der Waals surface area (Å²) < 4.78 is 13.0. The van der Waals surface area contributed by atoms with Crippen LogP contribution in [0.2, 0.25) is 5.02 Å². The van der Waals surface area contributed by atoms with Gasteiger partial charge in [-0.3, -0.25) is 9.59 Å². The highest BCUT2D eigenvalue weighted by molar-refractivity contribution is 6.34. The van der Waals surface area contributed by atoms with E-state index in [1.165, 1.54) is 19.1 Å². The zero-order valence-electron chi connectivity index (χ0n) is 12.0. The maximum atomic E-state index is 13.0. The van der Waals surface area contributed by atoms with Crippen LogP contribution >= 0.6 is 11.6 Å². The van der Waals surface area contributed by atoms with E-state index < -0.39 is 11.7 Å². The number of nitrogens with one attached hydrogen (secondary N) is 2. The minimum absolute atomic E-state index is 0.0353. The van der Waals surface area contributed by atoms with Crippen LogP contribution in [-0.4, -0.2) is 11.8 Å². The maximum Gasteiger partial charge on any atom is 0.257 e. The van der Waals surface area contributed by atoms with Crippen molar-refractivity contribution in [3.63, 3.8) is 0 Å². The quantitative estimate of drug-likeness (QED) is 0.898. The van der Waals surface area contributed by atoms with Gasteiger partial charge in [-0.1, -0.05) is 17.7 Å². The molecule has 0 fully saturated rings. The van der Waals surface area contributed by atoms with E-state index in [-0.39, 0.29) is 16.5 Å². The zero-order chi connectivity index (χ0) is 16.3. The van der Waals surface area contributed by atoms with Gasteiger partial charge >= 0.3 is 0 Å². The van der Waals surface area contributed by atoms with E-state index in [4.69, 9.17) is 11.6 Å². The predicted octanol–water partition coefficient (Wildman–Crippen LogP) is 4.00. The summed E-state index contributed by atoms with van der Waals surface area (Å²) in [5.41, 5.74) is 2.03. The third kappa shape index (κ3) is 3.62. The van der Waals surface area contributed by atoms with Gasteiger partial charge in [-0.2, -0.15) is 0 Å². The molecule has 2 amide bonds. The van der Waals surface area contributed by atoms with Crippen LogP contribution < -0.4 is 10.6 Å². The Labute approximate surface area is 132 Å². The van der Waals surface area contributed by atoms with Gasteiger partial charge in [0.15, 0.2) is 0 Å². The SMILES string of the molecule is CC(=O)Nc1cccc(NC(=O)c2ccc(F)cc2Cl)c1C. The van der Waals surface area contributed by atoms with E-state index in [2.05, 4.69) is 10.6 Å². The molecule has 0 spiro atoms. The Morgan fingerprint density at radius 1 is 1.09 bits per heavy atom. The highest BCUT2D eigenvalue weighted by atomic mass is 35.5. The number of carbonyl (C=O) groups is 2. The molecule has 0 heterocycles. The van der Waals surface area contributed by atoms with Crippen molar-refractivity contribution < 1.29 is 14.0 Å². The minimum Gasteiger partial charge on any atom is -0.326 e. The number of rotatable bonds is 3. The monoisotopic (exact) mass is 320 g/mol. The van der Waals surface area contributed by atoms with Gasteiger partial charge < -0.3 is 10.6 Å². The first-order chi connectivity index (χ1) is 10.4. The van der Waals surface area contributed by atoms with Crippen molar-refractivity contribution in [3.05, 3.63) is 58.4 Å². The summed E-state index contributed by atoms with van der Waals surface area (Å²) in [4.78, 5) is 23.4. The van der Waals surface area contributed by atoms with Crippen LogP contribution in [0.15, 0.2) is 36.4 Å². The van der Waals surface area contributed by atoms with Crippen LogP contribution in [-0.2, 0) is 4.79 Å². The van der Waals surface area contributed by atoms with E-state index in [1.807, 2.05) is 0 Å². The second kappa shape index (κ2) is 6.58. The van der Waals surface area contributed by atoms with Crippen LogP contribution in [0, 0.1) is 12.7 Å².